The molecular formula is C20H12ClF3N4O. The summed E-state index contributed by atoms with van der Waals surface area (Å²) in [4.78, 5) is 23.6. The summed E-state index contributed by atoms with van der Waals surface area (Å²) < 4.78 is 38.7. The quantitative estimate of drug-likeness (QED) is 0.469. The molecule has 0 amide bonds. The van der Waals surface area contributed by atoms with Gasteiger partial charge in [-0.3, -0.25) is 9.78 Å². The molecule has 4 rings (SSSR count). The van der Waals surface area contributed by atoms with Gasteiger partial charge in [0.25, 0.3) is 5.56 Å². The van der Waals surface area contributed by atoms with Crippen LogP contribution in [0.3, 0.4) is 0 Å². The SMILES string of the molecule is O=c1[nH]c(Nc2cccc(C(F)(F)F)c2)nc2nccc(-c3ccccc3Cl)c12. The number of pyridine rings is 1. The van der Waals surface area contributed by atoms with Gasteiger partial charge in [0.1, 0.15) is 0 Å². The number of aromatic nitrogens is 3. The first-order valence-electron chi connectivity index (χ1n) is 8.41. The largest absolute Gasteiger partial charge is 0.416 e. The number of fused-ring (bicyclic) bond motifs is 1. The molecule has 0 atom stereocenters. The molecule has 0 aliphatic rings. The lowest BCUT2D eigenvalue weighted by molar-refractivity contribution is -0.137. The lowest BCUT2D eigenvalue weighted by atomic mass is 10.0. The van der Waals surface area contributed by atoms with E-state index in [4.69, 9.17) is 11.6 Å². The minimum absolute atomic E-state index is 0.0226. The van der Waals surface area contributed by atoms with Crippen LogP contribution in [0.1, 0.15) is 5.56 Å². The third-order valence-corrected chi connectivity index (χ3v) is 4.55. The zero-order valence-electron chi connectivity index (χ0n) is 14.6. The van der Waals surface area contributed by atoms with Gasteiger partial charge in [-0.25, -0.2) is 4.98 Å². The van der Waals surface area contributed by atoms with Crippen molar-refractivity contribution >= 4 is 34.3 Å². The van der Waals surface area contributed by atoms with Crippen LogP contribution >= 0.6 is 11.6 Å². The summed E-state index contributed by atoms with van der Waals surface area (Å²) in [5.74, 6) is -0.0226. The summed E-state index contributed by atoms with van der Waals surface area (Å²) in [6.45, 7) is 0. The second-order valence-corrected chi connectivity index (χ2v) is 6.56. The minimum Gasteiger partial charge on any atom is -0.326 e. The Bertz CT molecular complexity index is 1270. The Labute approximate surface area is 167 Å². The first kappa shape index (κ1) is 18.9. The molecule has 146 valence electrons. The molecule has 9 heteroatoms. The second-order valence-electron chi connectivity index (χ2n) is 6.16. The van der Waals surface area contributed by atoms with Crippen molar-refractivity contribution in [2.45, 2.75) is 6.18 Å². The van der Waals surface area contributed by atoms with Crippen molar-refractivity contribution < 1.29 is 13.2 Å². The lowest BCUT2D eigenvalue weighted by Crippen LogP contribution is -2.13. The van der Waals surface area contributed by atoms with Crippen molar-refractivity contribution in [1.82, 2.24) is 15.0 Å². The fraction of sp³-hybridized carbons (Fsp3) is 0.0500. The van der Waals surface area contributed by atoms with E-state index in [1.165, 1.54) is 18.3 Å². The molecule has 2 aromatic carbocycles. The third kappa shape index (κ3) is 3.79. The van der Waals surface area contributed by atoms with Gasteiger partial charge < -0.3 is 5.32 Å². The maximum atomic E-state index is 12.9. The van der Waals surface area contributed by atoms with Crippen molar-refractivity contribution in [3.63, 3.8) is 0 Å². The fourth-order valence-corrected chi connectivity index (χ4v) is 3.17. The Morgan fingerprint density at radius 1 is 1.00 bits per heavy atom. The highest BCUT2D eigenvalue weighted by molar-refractivity contribution is 6.33. The van der Waals surface area contributed by atoms with Crippen LogP contribution in [-0.2, 0) is 6.18 Å². The van der Waals surface area contributed by atoms with Crippen molar-refractivity contribution in [2.24, 2.45) is 0 Å². The highest BCUT2D eigenvalue weighted by atomic mass is 35.5. The summed E-state index contributed by atoms with van der Waals surface area (Å²) in [5, 5.41) is 3.38. The van der Waals surface area contributed by atoms with Gasteiger partial charge in [0.2, 0.25) is 5.95 Å². The molecule has 0 saturated carbocycles. The molecule has 0 aliphatic heterocycles. The normalized spacial score (nSPS) is 11.6. The van der Waals surface area contributed by atoms with Crippen LogP contribution in [0.4, 0.5) is 24.8 Å². The summed E-state index contributed by atoms with van der Waals surface area (Å²) in [6, 6.07) is 13.3. The zero-order valence-corrected chi connectivity index (χ0v) is 15.3. The molecule has 4 aromatic rings. The average molecular weight is 417 g/mol. The third-order valence-electron chi connectivity index (χ3n) is 4.22. The first-order valence-corrected chi connectivity index (χ1v) is 8.79. The number of hydrogen-bond donors (Lipinski definition) is 2. The predicted octanol–water partition coefficient (Wildman–Crippen LogP) is 5.40. The van der Waals surface area contributed by atoms with Gasteiger partial charge in [0.15, 0.2) is 5.65 Å². The van der Waals surface area contributed by atoms with Crippen LogP contribution in [0.5, 0.6) is 0 Å². The Hall–Kier alpha value is -3.39. The fourth-order valence-electron chi connectivity index (χ4n) is 2.94. The maximum absolute atomic E-state index is 12.9. The van der Waals surface area contributed by atoms with Gasteiger partial charge in [-0.1, -0.05) is 35.9 Å². The number of halogens is 4. The minimum atomic E-state index is -4.48. The van der Waals surface area contributed by atoms with E-state index < -0.39 is 17.3 Å². The van der Waals surface area contributed by atoms with Crippen LogP contribution in [0.25, 0.3) is 22.2 Å². The van der Waals surface area contributed by atoms with Gasteiger partial charge >= 0.3 is 6.18 Å². The molecule has 0 radical (unpaired) electrons. The molecule has 0 unspecified atom stereocenters. The van der Waals surface area contributed by atoms with Crippen LogP contribution < -0.4 is 10.9 Å². The summed E-state index contributed by atoms with van der Waals surface area (Å²) in [5.41, 5.74) is 0.162. The molecule has 0 fully saturated rings. The number of aromatic amines is 1. The maximum Gasteiger partial charge on any atom is 0.416 e. The first-order chi connectivity index (χ1) is 13.8. The van der Waals surface area contributed by atoms with Crippen molar-refractivity contribution in [3.05, 3.63) is 81.7 Å². The average Bonchev–Trinajstić information content (AvgIpc) is 2.67. The van der Waals surface area contributed by atoms with E-state index in [-0.39, 0.29) is 22.7 Å². The number of H-pyrrole nitrogens is 1. The highest BCUT2D eigenvalue weighted by Gasteiger charge is 2.30. The number of rotatable bonds is 3. The standard InChI is InChI=1S/C20H12ClF3N4O/c21-15-7-2-1-6-13(15)14-8-9-25-17-16(14)18(29)28-19(27-17)26-12-5-3-4-11(10-12)20(22,23)24/h1-10H,(H2,25,26,27,28,29). The van der Waals surface area contributed by atoms with Crippen LogP contribution in [0.15, 0.2) is 65.6 Å². The van der Waals surface area contributed by atoms with Gasteiger partial charge in [0, 0.05) is 28.0 Å². The second kappa shape index (κ2) is 7.21. The molecule has 2 N–H and O–H groups in total. The molecular weight excluding hydrogens is 405 g/mol. The topological polar surface area (TPSA) is 70.7 Å². The van der Waals surface area contributed by atoms with Crippen LogP contribution in [-0.4, -0.2) is 15.0 Å². The van der Waals surface area contributed by atoms with Crippen LogP contribution in [0, 0.1) is 0 Å². The van der Waals surface area contributed by atoms with E-state index >= 15 is 0 Å². The van der Waals surface area contributed by atoms with Crippen molar-refractivity contribution in [1.29, 1.82) is 0 Å². The molecule has 5 nitrogen and oxygen atoms in total. The van der Waals surface area contributed by atoms with E-state index in [1.54, 1.807) is 30.3 Å². The molecule has 0 saturated heterocycles. The summed E-state index contributed by atoms with van der Waals surface area (Å²) in [7, 11) is 0. The Morgan fingerprint density at radius 3 is 2.55 bits per heavy atom. The lowest BCUT2D eigenvalue weighted by Gasteiger charge is -2.11. The summed E-state index contributed by atoms with van der Waals surface area (Å²) >= 11 is 6.24. The molecule has 29 heavy (non-hydrogen) atoms. The molecule has 2 aromatic heterocycles. The Balaban J connectivity index is 1.78. The summed E-state index contributed by atoms with van der Waals surface area (Å²) in [6.07, 6.45) is -2.99. The Morgan fingerprint density at radius 2 is 1.79 bits per heavy atom. The number of hydrogen-bond acceptors (Lipinski definition) is 4. The molecule has 2 heterocycles. The van der Waals surface area contributed by atoms with Gasteiger partial charge in [-0.05, 0) is 30.3 Å². The van der Waals surface area contributed by atoms with E-state index in [0.717, 1.165) is 12.1 Å². The van der Waals surface area contributed by atoms with Gasteiger partial charge in [-0.15, -0.1) is 0 Å². The Kier molecular flexibility index (Phi) is 4.71. The monoisotopic (exact) mass is 416 g/mol. The van der Waals surface area contributed by atoms with Crippen molar-refractivity contribution in [2.75, 3.05) is 5.32 Å². The number of nitrogens with one attached hydrogen (secondary N) is 2. The molecule has 0 aliphatic carbocycles. The molecule has 0 bridgehead atoms. The number of anilines is 2. The van der Waals surface area contributed by atoms with E-state index in [0.29, 0.717) is 16.1 Å². The van der Waals surface area contributed by atoms with Crippen molar-refractivity contribution in [3.8, 4) is 11.1 Å². The van der Waals surface area contributed by atoms with E-state index in [2.05, 4.69) is 20.3 Å². The van der Waals surface area contributed by atoms with E-state index in [9.17, 15) is 18.0 Å². The van der Waals surface area contributed by atoms with Crippen LogP contribution in [0.2, 0.25) is 5.02 Å². The number of nitrogens with zero attached hydrogens (tertiary/aromatic N) is 2. The zero-order chi connectivity index (χ0) is 20.6. The smallest absolute Gasteiger partial charge is 0.326 e. The molecule has 0 spiro atoms. The van der Waals surface area contributed by atoms with Gasteiger partial charge in [-0.2, -0.15) is 18.2 Å². The highest BCUT2D eigenvalue weighted by Crippen LogP contribution is 2.32. The predicted molar refractivity (Wildman–Crippen MR) is 105 cm³/mol. The number of alkyl halides is 3. The van der Waals surface area contributed by atoms with E-state index in [1.807, 2.05) is 0 Å². The van der Waals surface area contributed by atoms with Gasteiger partial charge in [0.05, 0.1) is 10.9 Å². The number of benzene rings is 2.